The van der Waals surface area contributed by atoms with Gasteiger partial charge in [0.1, 0.15) is 5.82 Å². The first-order valence-electron chi connectivity index (χ1n) is 7.28. The maximum Gasteiger partial charge on any atom is 0.205 e. The van der Waals surface area contributed by atoms with E-state index >= 15 is 0 Å². The number of aryl methyl sites for hydroxylation is 2. The zero-order valence-corrected chi connectivity index (χ0v) is 13.1. The normalized spacial score (nSPS) is 18.4. The van der Waals surface area contributed by atoms with Crippen molar-refractivity contribution in [3.05, 3.63) is 23.8 Å². The highest BCUT2D eigenvalue weighted by molar-refractivity contribution is 7.09. The number of nitrogens with zero attached hydrogens (tertiary/aromatic N) is 5. The minimum absolute atomic E-state index is 0.153. The molecule has 0 aromatic carbocycles. The number of rotatable bonds is 5. The molecule has 0 bridgehead atoms. The SMILES string of the molecule is CCc1nsc(N2CCC[C@H]2CC(=O)c2cnn(C)c2)n1. The van der Waals surface area contributed by atoms with Crippen LogP contribution in [0.5, 0.6) is 0 Å². The van der Waals surface area contributed by atoms with Gasteiger partial charge in [-0.05, 0) is 12.8 Å². The van der Waals surface area contributed by atoms with Crippen molar-refractivity contribution in [1.29, 1.82) is 0 Å². The van der Waals surface area contributed by atoms with E-state index in [0.717, 1.165) is 36.8 Å². The third kappa shape index (κ3) is 2.97. The van der Waals surface area contributed by atoms with E-state index in [1.807, 2.05) is 7.05 Å². The zero-order chi connectivity index (χ0) is 14.8. The number of carbonyl (C=O) groups excluding carboxylic acids is 1. The molecule has 6 nitrogen and oxygen atoms in total. The van der Waals surface area contributed by atoms with Gasteiger partial charge in [0.2, 0.25) is 5.13 Å². The van der Waals surface area contributed by atoms with Gasteiger partial charge in [0, 0.05) is 50.2 Å². The van der Waals surface area contributed by atoms with Crippen LogP contribution in [0.25, 0.3) is 0 Å². The Morgan fingerprint density at radius 2 is 2.38 bits per heavy atom. The fraction of sp³-hybridized carbons (Fsp3) is 0.571. The average molecular weight is 305 g/mol. The largest absolute Gasteiger partial charge is 0.343 e. The Bertz CT molecular complexity index is 635. The highest BCUT2D eigenvalue weighted by Gasteiger charge is 2.29. The number of aromatic nitrogens is 4. The molecule has 1 aliphatic rings. The fourth-order valence-electron chi connectivity index (χ4n) is 2.70. The molecule has 3 heterocycles. The molecular weight excluding hydrogens is 286 g/mol. The topological polar surface area (TPSA) is 63.9 Å². The molecule has 1 aliphatic heterocycles. The molecule has 0 amide bonds. The van der Waals surface area contributed by atoms with Gasteiger partial charge in [-0.2, -0.15) is 9.47 Å². The number of carbonyl (C=O) groups is 1. The van der Waals surface area contributed by atoms with Crippen LogP contribution in [-0.2, 0) is 13.5 Å². The third-order valence-corrected chi connectivity index (χ3v) is 4.64. The number of ketones is 1. The highest BCUT2D eigenvalue weighted by atomic mass is 32.1. The summed E-state index contributed by atoms with van der Waals surface area (Å²) in [7, 11) is 1.83. The van der Waals surface area contributed by atoms with Gasteiger partial charge < -0.3 is 4.90 Å². The van der Waals surface area contributed by atoms with Crippen molar-refractivity contribution in [3.8, 4) is 0 Å². The lowest BCUT2D eigenvalue weighted by atomic mass is 10.0. The molecule has 2 aromatic heterocycles. The predicted molar refractivity (Wildman–Crippen MR) is 81.8 cm³/mol. The van der Waals surface area contributed by atoms with Crippen LogP contribution in [0.2, 0.25) is 0 Å². The summed E-state index contributed by atoms with van der Waals surface area (Å²) in [4.78, 5) is 19.1. The van der Waals surface area contributed by atoms with Crippen LogP contribution < -0.4 is 4.90 Å². The summed E-state index contributed by atoms with van der Waals surface area (Å²) in [6.07, 6.45) is 6.93. The Balaban J connectivity index is 1.70. The van der Waals surface area contributed by atoms with Crippen LogP contribution in [-0.4, -0.2) is 37.5 Å². The van der Waals surface area contributed by atoms with Crippen LogP contribution in [0.1, 0.15) is 42.4 Å². The number of hydrogen-bond donors (Lipinski definition) is 0. The van der Waals surface area contributed by atoms with Gasteiger partial charge >= 0.3 is 0 Å². The predicted octanol–water partition coefficient (Wildman–Crippen LogP) is 2.08. The van der Waals surface area contributed by atoms with E-state index in [1.54, 1.807) is 17.1 Å². The molecule has 0 unspecified atom stereocenters. The summed E-state index contributed by atoms with van der Waals surface area (Å²) in [5.74, 6) is 1.04. The average Bonchev–Trinajstić information content (AvgIpc) is 3.17. The van der Waals surface area contributed by atoms with E-state index < -0.39 is 0 Å². The molecule has 112 valence electrons. The van der Waals surface area contributed by atoms with Gasteiger partial charge in [-0.3, -0.25) is 9.48 Å². The van der Waals surface area contributed by atoms with E-state index in [1.165, 1.54) is 11.5 Å². The van der Waals surface area contributed by atoms with Crippen molar-refractivity contribution >= 4 is 22.4 Å². The molecule has 3 rings (SSSR count). The Morgan fingerprint density at radius 3 is 3.05 bits per heavy atom. The van der Waals surface area contributed by atoms with Crippen LogP contribution in [0.15, 0.2) is 12.4 Å². The lowest BCUT2D eigenvalue weighted by molar-refractivity contribution is 0.0974. The van der Waals surface area contributed by atoms with Crippen molar-refractivity contribution in [2.75, 3.05) is 11.4 Å². The first kappa shape index (κ1) is 14.2. The Hall–Kier alpha value is -1.76. The maximum atomic E-state index is 12.3. The Morgan fingerprint density at radius 1 is 1.52 bits per heavy atom. The first-order valence-corrected chi connectivity index (χ1v) is 8.05. The summed E-state index contributed by atoms with van der Waals surface area (Å²) in [6.45, 7) is 3.02. The van der Waals surface area contributed by atoms with Crippen LogP contribution in [0, 0.1) is 0 Å². The second-order valence-electron chi connectivity index (χ2n) is 5.37. The quantitative estimate of drug-likeness (QED) is 0.791. The first-order chi connectivity index (χ1) is 10.2. The number of anilines is 1. The summed E-state index contributed by atoms with van der Waals surface area (Å²) < 4.78 is 6.01. The van der Waals surface area contributed by atoms with Crippen molar-refractivity contribution in [1.82, 2.24) is 19.1 Å². The summed E-state index contributed by atoms with van der Waals surface area (Å²) in [6, 6.07) is 0.232. The maximum absolute atomic E-state index is 12.3. The molecular formula is C14H19N5OS. The van der Waals surface area contributed by atoms with Gasteiger partial charge in [0.15, 0.2) is 5.78 Å². The van der Waals surface area contributed by atoms with Crippen molar-refractivity contribution < 1.29 is 4.79 Å². The molecule has 0 spiro atoms. The fourth-order valence-corrected chi connectivity index (χ4v) is 3.55. The molecule has 1 fully saturated rings. The van der Waals surface area contributed by atoms with Gasteiger partial charge in [-0.15, -0.1) is 0 Å². The third-order valence-electron chi connectivity index (χ3n) is 3.84. The summed E-state index contributed by atoms with van der Waals surface area (Å²) >= 11 is 1.44. The minimum atomic E-state index is 0.153. The van der Waals surface area contributed by atoms with Crippen LogP contribution in [0.3, 0.4) is 0 Å². The zero-order valence-electron chi connectivity index (χ0n) is 12.3. The van der Waals surface area contributed by atoms with E-state index in [9.17, 15) is 4.79 Å². The van der Waals surface area contributed by atoms with Crippen molar-refractivity contribution in [2.45, 2.75) is 38.6 Å². The van der Waals surface area contributed by atoms with Gasteiger partial charge in [0.05, 0.1) is 11.8 Å². The second-order valence-corrected chi connectivity index (χ2v) is 6.10. The molecule has 0 radical (unpaired) electrons. The summed E-state index contributed by atoms with van der Waals surface area (Å²) in [5.41, 5.74) is 0.691. The molecule has 2 aromatic rings. The standard InChI is InChI=1S/C14H19N5OS/c1-3-13-16-14(21-17-13)19-6-4-5-11(19)7-12(20)10-8-15-18(2)9-10/h8-9,11H,3-7H2,1-2H3/t11-/m0/s1. The highest BCUT2D eigenvalue weighted by Crippen LogP contribution is 2.29. The van der Waals surface area contributed by atoms with E-state index in [4.69, 9.17) is 0 Å². The lowest BCUT2D eigenvalue weighted by Crippen LogP contribution is -2.31. The molecule has 0 N–H and O–H groups in total. The van der Waals surface area contributed by atoms with Crippen LogP contribution in [0.4, 0.5) is 5.13 Å². The minimum Gasteiger partial charge on any atom is -0.343 e. The smallest absolute Gasteiger partial charge is 0.205 e. The lowest BCUT2D eigenvalue weighted by Gasteiger charge is -2.22. The number of Topliss-reactive ketones (excluding diaryl/α,β-unsaturated/α-hetero) is 1. The molecule has 1 atom stereocenters. The van der Waals surface area contributed by atoms with Crippen LogP contribution >= 0.6 is 11.5 Å². The number of hydrogen-bond acceptors (Lipinski definition) is 6. The summed E-state index contributed by atoms with van der Waals surface area (Å²) in [5, 5.41) is 5.02. The second kappa shape index (κ2) is 5.93. The molecule has 1 saturated heterocycles. The Kier molecular flexibility index (Phi) is 4.01. The molecule has 21 heavy (non-hydrogen) atoms. The molecule has 7 heteroatoms. The molecule has 0 aliphatic carbocycles. The monoisotopic (exact) mass is 305 g/mol. The molecule has 0 saturated carbocycles. The van der Waals surface area contributed by atoms with Crippen molar-refractivity contribution in [3.63, 3.8) is 0 Å². The van der Waals surface area contributed by atoms with Gasteiger partial charge in [0.25, 0.3) is 0 Å². The van der Waals surface area contributed by atoms with E-state index in [2.05, 4.69) is 26.3 Å². The Labute approximate surface area is 128 Å². The van der Waals surface area contributed by atoms with Gasteiger partial charge in [-0.25, -0.2) is 4.98 Å². The van der Waals surface area contributed by atoms with E-state index in [0.29, 0.717) is 12.0 Å². The van der Waals surface area contributed by atoms with E-state index in [-0.39, 0.29) is 11.8 Å². The van der Waals surface area contributed by atoms with Crippen molar-refractivity contribution in [2.24, 2.45) is 7.05 Å². The van der Waals surface area contributed by atoms with Gasteiger partial charge in [-0.1, -0.05) is 6.92 Å².